The topological polar surface area (TPSA) is 113 Å². The summed E-state index contributed by atoms with van der Waals surface area (Å²) in [7, 11) is 8.28. The van der Waals surface area contributed by atoms with Gasteiger partial charge in [0, 0.05) is 49.4 Å². The number of nitrogens with one attached hydrogen (secondary N) is 1. The predicted molar refractivity (Wildman–Crippen MR) is 107 cm³/mol. The lowest BCUT2D eigenvalue weighted by Crippen LogP contribution is -2.10. The standard InChI is InChI=1S/C16H19N3S.ClH.3H2O/c1-18(2)11-5-7-13-15(9-11)20-16-10-12(19(3)4)6-8-14(16)17-13;;;;/h5-10,17H,1-4H3;1H;3*1H2. The lowest BCUT2D eigenvalue weighted by molar-refractivity contribution is 0.823. The van der Waals surface area contributed by atoms with Crippen LogP contribution in [-0.4, -0.2) is 44.6 Å². The van der Waals surface area contributed by atoms with E-state index in [9.17, 15) is 0 Å². The minimum atomic E-state index is 0. The van der Waals surface area contributed by atoms with Crippen LogP contribution in [0.5, 0.6) is 0 Å². The summed E-state index contributed by atoms with van der Waals surface area (Å²) in [6.07, 6.45) is 0. The molecule has 136 valence electrons. The van der Waals surface area contributed by atoms with Crippen molar-refractivity contribution in [1.29, 1.82) is 0 Å². The van der Waals surface area contributed by atoms with Gasteiger partial charge in [-0.05, 0) is 36.4 Å². The third kappa shape index (κ3) is 4.68. The van der Waals surface area contributed by atoms with E-state index in [1.807, 2.05) is 11.8 Å². The smallest absolute Gasteiger partial charge is 0.0527 e. The van der Waals surface area contributed by atoms with Crippen molar-refractivity contribution in [2.24, 2.45) is 0 Å². The molecule has 0 radical (unpaired) electrons. The SMILES string of the molecule is CN(C)c1ccc2c(c1)Sc1cc(N(C)C)ccc1N2.Cl.O.O.O. The van der Waals surface area contributed by atoms with Crippen molar-refractivity contribution in [1.82, 2.24) is 0 Å². The molecule has 1 heterocycles. The van der Waals surface area contributed by atoms with E-state index in [0.717, 1.165) is 0 Å². The summed E-state index contributed by atoms with van der Waals surface area (Å²) < 4.78 is 0. The van der Waals surface area contributed by atoms with Crippen LogP contribution >= 0.6 is 24.2 Å². The van der Waals surface area contributed by atoms with Crippen LogP contribution < -0.4 is 15.1 Å². The van der Waals surface area contributed by atoms with Gasteiger partial charge < -0.3 is 31.5 Å². The summed E-state index contributed by atoms with van der Waals surface area (Å²) in [6, 6.07) is 13.1. The molecule has 6 nitrogen and oxygen atoms in total. The Morgan fingerprint density at radius 2 is 1.08 bits per heavy atom. The first-order chi connectivity index (χ1) is 9.54. The van der Waals surface area contributed by atoms with E-state index in [1.165, 1.54) is 32.5 Å². The normalized spacial score (nSPS) is 10.2. The Morgan fingerprint density at radius 1 is 0.708 bits per heavy atom. The average Bonchev–Trinajstić information content (AvgIpc) is 2.43. The Balaban J connectivity index is 0. The van der Waals surface area contributed by atoms with Crippen LogP contribution in [0.1, 0.15) is 0 Å². The zero-order valence-electron chi connectivity index (χ0n) is 14.2. The number of fused-ring (bicyclic) bond motifs is 2. The molecule has 24 heavy (non-hydrogen) atoms. The highest BCUT2D eigenvalue weighted by Crippen LogP contribution is 2.46. The van der Waals surface area contributed by atoms with Crippen molar-refractivity contribution in [2.75, 3.05) is 43.3 Å². The summed E-state index contributed by atoms with van der Waals surface area (Å²) in [4.78, 5) is 6.82. The largest absolute Gasteiger partial charge is 0.412 e. The van der Waals surface area contributed by atoms with E-state index >= 15 is 0 Å². The summed E-state index contributed by atoms with van der Waals surface area (Å²) in [6.45, 7) is 0. The first-order valence-electron chi connectivity index (χ1n) is 6.62. The van der Waals surface area contributed by atoms with Crippen molar-refractivity contribution in [3.63, 3.8) is 0 Å². The third-order valence-electron chi connectivity index (χ3n) is 3.45. The maximum Gasteiger partial charge on any atom is 0.0527 e. The van der Waals surface area contributed by atoms with Crippen LogP contribution in [0.2, 0.25) is 0 Å². The molecule has 0 atom stereocenters. The first kappa shape index (κ1) is 24.6. The zero-order chi connectivity index (χ0) is 14.3. The van der Waals surface area contributed by atoms with E-state index in [0.29, 0.717) is 0 Å². The lowest BCUT2D eigenvalue weighted by Gasteiger charge is -2.24. The summed E-state index contributed by atoms with van der Waals surface area (Å²) in [5.41, 5.74) is 4.83. The molecule has 0 saturated carbocycles. The summed E-state index contributed by atoms with van der Waals surface area (Å²) >= 11 is 1.83. The molecule has 0 aromatic heterocycles. The second kappa shape index (κ2) is 9.61. The predicted octanol–water partition coefficient (Wildman–Crippen LogP) is 1.97. The molecule has 1 aliphatic heterocycles. The molecule has 0 bridgehead atoms. The maximum absolute atomic E-state index is 3.51. The van der Waals surface area contributed by atoms with Crippen molar-refractivity contribution in [2.45, 2.75) is 9.79 Å². The summed E-state index contributed by atoms with van der Waals surface area (Å²) in [5.74, 6) is 0. The molecular formula is C16H26ClN3O3S. The van der Waals surface area contributed by atoms with Crippen LogP contribution in [0, 0.1) is 0 Å². The average molecular weight is 376 g/mol. The van der Waals surface area contributed by atoms with Gasteiger partial charge in [0.15, 0.2) is 0 Å². The Bertz CT molecular complexity index is 614. The molecule has 0 amide bonds. The molecule has 0 fully saturated rings. The third-order valence-corrected chi connectivity index (χ3v) is 4.57. The molecule has 0 unspecified atom stereocenters. The fourth-order valence-electron chi connectivity index (χ4n) is 2.22. The van der Waals surface area contributed by atoms with E-state index in [1.54, 1.807) is 0 Å². The number of halogens is 1. The van der Waals surface area contributed by atoms with Gasteiger partial charge in [-0.25, -0.2) is 0 Å². The Kier molecular flexibility index (Phi) is 9.85. The van der Waals surface area contributed by atoms with E-state index < -0.39 is 0 Å². The van der Waals surface area contributed by atoms with E-state index in [2.05, 4.69) is 79.7 Å². The van der Waals surface area contributed by atoms with Crippen molar-refractivity contribution >= 4 is 46.9 Å². The summed E-state index contributed by atoms with van der Waals surface area (Å²) in [5, 5.41) is 3.51. The van der Waals surface area contributed by atoms with Gasteiger partial charge in [-0.15, -0.1) is 12.4 Å². The minimum Gasteiger partial charge on any atom is -0.412 e. The lowest BCUT2D eigenvalue weighted by atomic mass is 10.2. The van der Waals surface area contributed by atoms with Gasteiger partial charge in [0.1, 0.15) is 0 Å². The van der Waals surface area contributed by atoms with Gasteiger partial charge in [-0.3, -0.25) is 0 Å². The molecule has 2 aromatic rings. The van der Waals surface area contributed by atoms with Crippen LogP contribution in [0.25, 0.3) is 0 Å². The van der Waals surface area contributed by atoms with Crippen molar-refractivity contribution in [3.05, 3.63) is 36.4 Å². The van der Waals surface area contributed by atoms with Crippen molar-refractivity contribution < 1.29 is 16.4 Å². The molecule has 0 saturated heterocycles. The monoisotopic (exact) mass is 375 g/mol. The van der Waals surface area contributed by atoms with E-state index in [-0.39, 0.29) is 28.8 Å². The van der Waals surface area contributed by atoms with Crippen LogP contribution in [0.3, 0.4) is 0 Å². The molecule has 1 aliphatic rings. The zero-order valence-corrected chi connectivity index (χ0v) is 15.8. The number of hydrogen-bond acceptors (Lipinski definition) is 4. The number of nitrogens with zero attached hydrogens (tertiary/aromatic N) is 2. The fourth-order valence-corrected chi connectivity index (χ4v) is 3.27. The van der Waals surface area contributed by atoms with Gasteiger partial charge >= 0.3 is 0 Å². The van der Waals surface area contributed by atoms with Gasteiger partial charge in [0.2, 0.25) is 0 Å². The fraction of sp³-hybridized carbons (Fsp3) is 0.250. The molecule has 3 rings (SSSR count). The highest BCUT2D eigenvalue weighted by Gasteiger charge is 2.17. The quantitative estimate of drug-likeness (QED) is 0.737. The molecular weight excluding hydrogens is 350 g/mol. The first-order valence-corrected chi connectivity index (χ1v) is 7.44. The van der Waals surface area contributed by atoms with Gasteiger partial charge in [0.05, 0.1) is 11.4 Å². The highest BCUT2D eigenvalue weighted by atomic mass is 35.5. The van der Waals surface area contributed by atoms with Crippen molar-refractivity contribution in [3.8, 4) is 0 Å². The molecule has 7 N–H and O–H groups in total. The van der Waals surface area contributed by atoms with Gasteiger partial charge in [-0.2, -0.15) is 0 Å². The molecule has 2 aromatic carbocycles. The Labute approximate surface area is 153 Å². The minimum absolute atomic E-state index is 0. The molecule has 0 spiro atoms. The molecule has 8 heteroatoms. The number of anilines is 4. The number of benzene rings is 2. The van der Waals surface area contributed by atoms with Gasteiger partial charge in [0.25, 0.3) is 0 Å². The Hall–Kier alpha value is -1.64. The number of rotatable bonds is 2. The second-order valence-electron chi connectivity index (χ2n) is 5.38. The Morgan fingerprint density at radius 3 is 1.42 bits per heavy atom. The van der Waals surface area contributed by atoms with Crippen LogP contribution in [-0.2, 0) is 0 Å². The maximum atomic E-state index is 3.51. The van der Waals surface area contributed by atoms with Crippen LogP contribution in [0.4, 0.5) is 22.7 Å². The number of hydrogen-bond donors (Lipinski definition) is 1. The molecule has 0 aliphatic carbocycles. The van der Waals surface area contributed by atoms with E-state index in [4.69, 9.17) is 0 Å². The van der Waals surface area contributed by atoms with Gasteiger partial charge in [-0.1, -0.05) is 11.8 Å². The van der Waals surface area contributed by atoms with Crippen LogP contribution in [0.15, 0.2) is 46.2 Å². The highest BCUT2D eigenvalue weighted by molar-refractivity contribution is 7.99. The second-order valence-corrected chi connectivity index (χ2v) is 6.46.